The number of hydrogen-bond acceptors (Lipinski definition) is 5. The van der Waals surface area contributed by atoms with Gasteiger partial charge in [-0.05, 0) is 18.2 Å². The highest BCUT2D eigenvalue weighted by Crippen LogP contribution is 2.31. The van der Waals surface area contributed by atoms with Crippen molar-refractivity contribution in [3.63, 3.8) is 0 Å². The first-order valence-corrected chi connectivity index (χ1v) is 6.01. The monoisotopic (exact) mass is 257 g/mol. The van der Waals surface area contributed by atoms with Gasteiger partial charge in [-0.3, -0.25) is 15.1 Å². The molecule has 0 spiro atoms. The number of aromatic nitrogens is 2. The molecule has 0 saturated carbocycles. The van der Waals surface area contributed by atoms with Gasteiger partial charge in [-0.25, -0.2) is 4.98 Å². The quantitative estimate of drug-likeness (QED) is 0.522. The number of nitrogens with zero attached hydrogens (tertiary/aromatic N) is 3. The SMILES string of the molecule is O=[N+]([O-])c1ccc2sc(-c3ccncc3)nc2c1. The number of nitro groups is 1. The van der Waals surface area contributed by atoms with Gasteiger partial charge in [0.2, 0.25) is 0 Å². The maximum Gasteiger partial charge on any atom is 0.271 e. The lowest BCUT2D eigenvalue weighted by Gasteiger charge is -1.91. The zero-order valence-corrected chi connectivity index (χ0v) is 9.92. The molecule has 0 radical (unpaired) electrons. The first kappa shape index (κ1) is 10.8. The largest absolute Gasteiger partial charge is 0.271 e. The lowest BCUT2D eigenvalue weighted by atomic mass is 10.3. The van der Waals surface area contributed by atoms with E-state index in [0.717, 1.165) is 15.3 Å². The third-order valence-corrected chi connectivity index (χ3v) is 3.59. The van der Waals surface area contributed by atoms with E-state index in [1.54, 1.807) is 18.5 Å². The van der Waals surface area contributed by atoms with E-state index >= 15 is 0 Å². The van der Waals surface area contributed by atoms with E-state index in [4.69, 9.17) is 0 Å². The maximum atomic E-state index is 10.7. The van der Waals surface area contributed by atoms with Gasteiger partial charge < -0.3 is 0 Å². The lowest BCUT2D eigenvalue weighted by Crippen LogP contribution is -1.86. The number of pyridine rings is 1. The van der Waals surface area contributed by atoms with Crippen LogP contribution in [0.3, 0.4) is 0 Å². The number of non-ortho nitro benzene ring substituents is 1. The van der Waals surface area contributed by atoms with Crippen LogP contribution in [0.25, 0.3) is 20.8 Å². The molecule has 0 aliphatic carbocycles. The van der Waals surface area contributed by atoms with Crippen LogP contribution in [0, 0.1) is 10.1 Å². The number of rotatable bonds is 2. The van der Waals surface area contributed by atoms with E-state index in [-0.39, 0.29) is 5.69 Å². The van der Waals surface area contributed by atoms with Crippen LogP contribution in [-0.2, 0) is 0 Å². The van der Waals surface area contributed by atoms with Crippen molar-refractivity contribution < 1.29 is 4.92 Å². The molecule has 0 aliphatic heterocycles. The molecule has 2 aromatic heterocycles. The molecule has 88 valence electrons. The molecule has 1 aromatic carbocycles. The molecule has 0 amide bonds. The van der Waals surface area contributed by atoms with Crippen LogP contribution in [0.1, 0.15) is 0 Å². The van der Waals surface area contributed by atoms with Crippen LogP contribution >= 0.6 is 11.3 Å². The molecule has 0 unspecified atom stereocenters. The summed E-state index contributed by atoms with van der Waals surface area (Å²) in [6, 6.07) is 8.46. The Balaban J connectivity index is 2.14. The summed E-state index contributed by atoms with van der Waals surface area (Å²) < 4.78 is 0.937. The van der Waals surface area contributed by atoms with Gasteiger partial charge in [-0.1, -0.05) is 0 Å². The Morgan fingerprint density at radius 2 is 1.94 bits per heavy atom. The molecule has 0 atom stereocenters. The van der Waals surface area contributed by atoms with E-state index in [1.165, 1.54) is 23.5 Å². The standard InChI is InChI=1S/C12H7N3O2S/c16-15(17)9-1-2-11-10(7-9)14-12(18-11)8-3-5-13-6-4-8/h1-7H. The third-order valence-electron chi connectivity index (χ3n) is 2.51. The normalized spacial score (nSPS) is 10.7. The first-order chi connectivity index (χ1) is 8.74. The Kier molecular flexibility index (Phi) is 2.49. The van der Waals surface area contributed by atoms with Crippen LogP contribution in [0.4, 0.5) is 5.69 Å². The van der Waals surface area contributed by atoms with Crippen LogP contribution in [0.5, 0.6) is 0 Å². The third kappa shape index (κ3) is 1.82. The first-order valence-electron chi connectivity index (χ1n) is 5.19. The predicted molar refractivity (Wildman–Crippen MR) is 69.5 cm³/mol. The van der Waals surface area contributed by atoms with Gasteiger partial charge in [-0.15, -0.1) is 11.3 Å². The molecule has 5 nitrogen and oxygen atoms in total. The predicted octanol–water partition coefficient (Wildman–Crippen LogP) is 3.27. The van der Waals surface area contributed by atoms with Crippen LogP contribution in [0.2, 0.25) is 0 Å². The van der Waals surface area contributed by atoms with Crippen molar-refractivity contribution in [2.45, 2.75) is 0 Å². The fourth-order valence-electron chi connectivity index (χ4n) is 1.65. The Hall–Kier alpha value is -2.34. The van der Waals surface area contributed by atoms with Gasteiger partial charge in [0.05, 0.1) is 15.1 Å². The van der Waals surface area contributed by atoms with Crippen molar-refractivity contribution in [2.75, 3.05) is 0 Å². The number of hydrogen-bond donors (Lipinski definition) is 0. The molecular weight excluding hydrogens is 250 g/mol. The Morgan fingerprint density at radius 3 is 2.67 bits per heavy atom. The second-order valence-corrected chi connectivity index (χ2v) is 4.69. The molecule has 18 heavy (non-hydrogen) atoms. The average Bonchev–Trinajstić information content (AvgIpc) is 2.82. The fraction of sp³-hybridized carbons (Fsp3) is 0. The van der Waals surface area contributed by atoms with Gasteiger partial charge in [0.25, 0.3) is 5.69 Å². The van der Waals surface area contributed by atoms with Crippen molar-refractivity contribution >= 4 is 27.2 Å². The second-order valence-electron chi connectivity index (χ2n) is 3.66. The summed E-state index contributed by atoms with van der Waals surface area (Å²) in [6.07, 6.45) is 3.40. The van der Waals surface area contributed by atoms with E-state index < -0.39 is 4.92 Å². The highest BCUT2D eigenvalue weighted by Gasteiger charge is 2.10. The maximum absolute atomic E-state index is 10.7. The Labute approximate surface area is 106 Å². The Morgan fingerprint density at radius 1 is 1.17 bits per heavy atom. The van der Waals surface area contributed by atoms with Gasteiger partial charge in [-0.2, -0.15) is 0 Å². The van der Waals surface area contributed by atoms with Crippen molar-refractivity contribution in [1.29, 1.82) is 0 Å². The Bertz CT molecular complexity index is 725. The molecule has 0 aliphatic rings. The van der Waals surface area contributed by atoms with Crippen LogP contribution in [-0.4, -0.2) is 14.9 Å². The minimum atomic E-state index is -0.412. The summed E-state index contributed by atoms with van der Waals surface area (Å²) >= 11 is 1.51. The van der Waals surface area contributed by atoms with Crippen molar-refractivity contribution in [3.8, 4) is 10.6 Å². The number of nitro benzene ring substituents is 1. The smallest absolute Gasteiger partial charge is 0.265 e. The highest BCUT2D eigenvalue weighted by atomic mass is 32.1. The molecular formula is C12H7N3O2S. The van der Waals surface area contributed by atoms with E-state index in [1.807, 2.05) is 12.1 Å². The average molecular weight is 257 g/mol. The molecule has 3 aromatic rings. The van der Waals surface area contributed by atoms with E-state index in [2.05, 4.69) is 9.97 Å². The molecule has 0 bridgehead atoms. The summed E-state index contributed by atoms with van der Waals surface area (Å²) in [5.74, 6) is 0. The topological polar surface area (TPSA) is 68.9 Å². The van der Waals surface area contributed by atoms with Gasteiger partial charge in [0.15, 0.2) is 0 Å². The van der Waals surface area contributed by atoms with Gasteiger partial charge in [0.1, 0.15) is 5.01 Å². The zero-order chi connectivity index (χ0) is 12.5. The summed E-state index contributed by atoms with van der Waals surface area (Å²) in [4.78, 5) is 18.6. The van der Waals surface area contributed by atoms with Crippen molar-refractivity contribution in [1.82, 2.24) is 9.97 Å². The molecule has 0 saturated heterocycles. The van der Waals surface area contributed by atoms with E-state index in [0.29, 0.717) is 5.52 Å². The molecule has 0 N–H and O–H groups in total. The van der Waals surface area contributed by atoms with Gasteiger partial charge in [0, 0.05) is 30.1 Å². The van der Waals surface area contributed by atoms with E-state index in [9.17, 15) is 10.1 Å². The van der Waals surface area contributed by atoms with Crippen molar-refractivity contribution in [2.24, 2.45) is 0 Å². The van der Waals surface area contributed by atoms with Crippen LogP contribution in [0.15, 0.2) is 42.7 Å². The summed E-state index contributed by atoms with van der Waals surface area (Å²) in [5, 5.41) is 11.5. The minimum absolute atomic E-state index is 0.0640. The molecule has 0 fully saturated rings. The number of benzene rings is 1. The minimum Gasteiger partial charge on any atom is -0.265 e. The lowest BCUT2D eigenvalue weighted by molar-refractivity contribution is -0.384. The summed E-state index contributed by atoms with van der Waals surface area (Å²) in [6.45, 7) is 0. The summed E-state index contributed by atoms with van der Waals surface area (Å²) in [7, 11) is 0. The second kappa shape index (κ2) is 4.15. The zero-order valence-electron chi connectivity index (χ0n) is 9.11. The van der Waals surface area contributed by atoms with Crippen LogP contribution < -0.4 is 0 Å². The fourth-order valence-corrected chi connectivity index (χ4v) is 2.60. The molecule has 6 heteroatoms. The highest BCUT2D eigenvalue weighted by molar-refractivity contribution is 7.21. The van der Waals surface area contributed by atoms with Gasteiger partial charge >= 0.3 is 0 Å². The number of fused-ring (bicyclic) bond motifs is 1. The molecule has 2 heterocycles. The number of thiazole rings is 1. The summed E-state index contributed by atoms with van der Waals surface area (Å²) in [5.41, 5.74) is 1.68. The van der Waals surface area contributed by atoms with Crippen molar-refractivity contribution in [3.05, 3.63) is 52.8 Å². The molecule has 3 rings (SSSR count).